The molecule has 0 aliphatic carbocycles. The van der Waals surface area contributed by atoms with Gasteiger partial charge in [-0.3, -0.25) is 0 Å². The lowest BCUT2D eigenvalue weighted by atomic mass is 9.97. The normalized spacial score (nSPS) is 18.9. The molecule has 2 rings (SSSR count). The fraction of sp³-hybridized carbons (Fsp3) is 0.588. The number of benzene rings is 1. The topological polar surface area (TPSA) is 39.1 Å². The zero-order valence-electron chi connectivity index (χ0n) is 12.8. The number of nitrogens with one attached hydrogen (secondary N) is 1. The first-order chi connectivity index (χ1) is 9.61. The summed E-state index contributed by atoms with van der Waals surface area (Å²) >= 11 is 0. The van der Waals surface area contributed by atoms with E-state index < -0.39 is 0 Å². The number of anilines is 1. The zero-order valence-corrected chi connectivity index (χ0v) is 12.8. The Bertz CT molecular complexity index is 481. The summed E-state index contributed by atoms with van der Waals surface area (Å²) in [6.45, 7) is 9.72. The fourth-order valence-corrected chi connectivity index (χ4v) is 2.94. The van der Waals surface area contributed by atoms with Crippen molar-refractivity contribution < 1.29 is 0 Å². The zero-order chi connectivity index (χ0) is 14.5. The van der Waals surface area contributed by atoms with E-state index in [4.69, 9.17) is 0 Å². The third kappa shape index (κ3) is 3.52. The first-order valence-corrected chi connectivity index (χ1v) is 7.60. The van der Waals surface area contributed by atoms with E-state index in [1.807, 2.05) is 13.0 Å². The molecule has 1 atom stereocenters. The largest absolute Gasteiger partial charge is 0.368 e. The SMILES string of the molecule is Cc1ccc(N(CC2CCCNC2)C(C)C)c(C#N)c1. The number of nitrogens with zero attached hydrogens (tertiary/aromatic N) is 2. The Hall–Kier alpha value is -1.53. The Morgan fingerprint density at radius 3 is 2.85 bits per heavy atom. The van der Waals surface area contributed by atoms with Crippen molar-refractivity contribution in [2.75, 3.05) is 24.5 Å². The van der Waals surface area contributed by atoms with Gasteiger partial charge in [0, 0.05) is 12.6 Å². The molecule has 0 aromatic heterocycles. The molecular weight excluding hydrogens is 246 g/mol. The molecule has 1 saturated heterocycles. The van der Waals surface area contributed by atoms with Crippen LogP contribution in [0, 0.1) is 24.2 Å². The predicted molar refractivity (Wildman–Crippen MR) is 84.0 cm³/mol. The van der Waals surface area contributed by atoms with E-state index in [0.29, 0.717) is 12.0 Å². The Balaban J connectivity index is 2.22. The second-order valence-corrected chi connectivity index (χ2v) is 6.09. The molecule has 1 fully saturated rings. The highest BCUT2D eigenvalue weighted by Crippen LogP contribution is 2.25. The summed E-state index contributed by atoms with van der Waals surface area (Å²) in [5.41, 5.74) is 3.02. The molecule has 0 saturated carbocycles. The van der Waals surface area contributed by atoms with Gasteiger partial charge in [-0.25, -0.2) is 0 Å². The van der Waals surface area contributed by atoms with Gasteiger partial charge in [0.2, 0.25) is 0 Å². The van der Waals surface area contributed by atoms with Crippen LogP contribution in [0.5, 0.6) is 0 Å². The third-order valence-corrected chi connectivity index (χ3v) is 4.06. The summed E-state index contributed by atoms with van der Waals surface area (Å²) in [7, 11) is 0. The number of piperidine rings is 1. The van der Waals surface area contributed by atoms with Crippen LogP contribution >= 0.6 is 0 Å². The molecule has 1 heterocycles. The predicted octanol–water partition coefficient (Wildman–Crippen LogP) is 3.08. The molecule has 1 aromatic rings. The Labute approximate surface area is 122 Å². The van der Waals surface area contributed by atoms with Gasteiger partial charge in [-0.1, -0.05) is 6.07 Å². The molecule has 20 heavy (non-hydrogen) atoms. The average molecular weight is 271 g/mol. The maximum absolute atomic E-state index is 9.39. The van der Waals surface area contributed by atoms with E-state index in [2.05, 4.69) is 42.3 Å². The highest BCUT2D eigenvalue weighted by atomic mass is 15.2. The van der Waals surface area contributed by atoms with Gasteiger partial charge in [0.25, 0.3) is 0 Å². The molecule has 0 spiro atoms. The van der Waals surface area contributed by atoms with Crippen molar-refractivity contribution in [2.45, 2.75) is 39.7 Å². The second kappa shape index (κ2) is 6.76. The molecule has 0 radical (unpaired) electrons. The molecule has 1 unspecified atom stereocenters. The maximum atomic E-state index is 9.39. The van der Waals surface area contributed by atoms with Crippen molar-refractivity contribution in [2.24, 2.45) is 5.92 Å². The molecule has 0 bridgehead atoms. The highest BCUT2D eigenvalue weighted by Gasteiger charge is 2.21. The molecule has 3 nitrogen and oxygen atoms in total. The van der Waals surface area contributed by atoms with E-state index in [1.165, 1.54) is 12.8 Å². The molecule has 3 heteroatoms. The molecule has 108 valence electrons. The van der Waals surface area contributed by atoms with Crippen LogP contribution in [0.1, 0.15) is 37.8 Å². The fourth-order valence-electron chi connectivity index (χ4n) is 2.94. The molecular formula is C17H25N3. The van der Waals surface area contributed by atoms with E-state index in [1.54, 1.807) is 0 Å². The summed E-state index contributed by atoms with van der Waals surface area (Å²) in [5.74, 6) is 0.680. The molecule has 1 aliphatic rings. The highest BCUT2D eigenvalue weighted by molar-refractivity contribution is 5.61. The summed E-state index contributed by atoms with van der Waals surface area (Å²) in [6, 6.07) is 8.95. The van der Waals surface area contributed by atoms with E-state index in [9.17, 15) is 5.26 Å². The second-order valence-electron chi connectivity index (χ2n) is 6.09. The molecule has 1 N–H and O–H groups in total. The molecule has 1 aromatic carbocycles. The number of hydrogen-bond donors (Lipinski definition) is 1. The third-order valence-electron chi connectivity index (χ3n) is 4.06. The van der Waals surface area contributed by atoms with Crippen molar-refractivity contribution in [1.82, 2.24) is 5.32 Å². The first-order valence-electron chi connectivity index (χ1n) is 7.60. The van der Waals surface area contributed by atoms with E-state index in [-0.39, 0.29) is 0 Å². The summed E-state index contributed by atoms with van der Waals surface area (Å²) in [5, 5.41) is 12.9. The van der Waals surface area contributed by atoms with Crippen LogP contribution in [0.2, 0.25) is 0 Å². The quantitative estimate of drug-likeness (QED) is 0.914. The van der Waals surface area contributed by atoms with Crippen LogP contribution in [0.15, 0.2) is 18.2 Å². The monoisotopic (exact) mass is 271 g/mol. The Kier molecular flexibility index (Phi) is 5.03. The van der Waals surface area contributed by atoms with E-state index in [0.717, 1.165) is 36.4 Å². The van der Waals surface area contributed by atoms with Crippen LogP contribution in [-0.2, 0) is 0 Å². The van der Waals surface area contributed by atoms with Gasteiger partial charge in [0.05, 0.1) is 11.3 Å². The minimum Gasteiger partial charge on any atom is -0.368 e. The van der Waals surface area contributed by atoms with Gasteiger partial charge < -0.3 is 10.2 Å². The van der Waals surface area contributed by atoms with Crippen LogP contribution in [-0.4, -0.2) is 25.7 Å². The van der Waals surface area contributed by atoms with Gasteiger partial charge in [-0.15, -0.1) is 0 Å². The average Bonchev–Trinajstić information content (AvgIpc) is 2.46. The molecule has 1 aliphatic heterocycles. The minimum absolute atomic E-state index is 0.409. The van der Waals surface area contributed by atoms with Gasteiger partial charge in [0.1, 0.15) is 6.07 Å². The summed E-state index contributed by atoms with van der Waals surface area (Å²) in [4.78, 5) is 2.38. The number of hydrogen-bond acceptors (Lipinski definition) is 3. The van der Waals surface area contributed by atoms with Gasteiger partial charge in [-0.2, -0.15) is 5.26 Å². The van der Waals surface area contributed by atoms with E-state index >= 15 is 0 Å². The van der Waals surface area contributed by atoms with Gasteiger partial charge in [-0.05, 0) is 70.3 Å². The van der Waals surface area contributed by atoms with Crippen LogP contribution in [0.25, 0.3) is 0 Å². The Morgan fingerprint density at radius 2 is 2.25 bits per heavy atom. The lowest BCUT2D eigenvalue weighted by Crippen LogP contribution is -2.41. The first kappa shape index (κ1) is 14.9. The number of nitriles is 1. The standard InChI is InChI=1S/C17H25N3/c1-13(2)20(12-15-5-4-8-19-11-15)17-7-6-14(3)9-16(17)10-18/h6-7,9,13,15,19H,4-5,8,11-12H2,1-3H3. The number of rotatable bonds is 4. The van der Waals surface area contributed by atoms with Crippen molar-refractivity contribution >= 4 is 5.69 Å². The van der Waals surface area contributed by atoms with Crippen LogP contribution in [0.4, 0.5) is 5.69 Å². The van der Waals surface area contributed by atoms with Crippen molar-refractivity contribution in [1.29, 1.82) is 5.26 Å². The molecule has 0 amide bonds. The van der Waals surface area contributed by atoms with Crippen LogP contribution in [0.3, 0.4) is 0 Å². The maximum Gasteiger partial charge on any atom is 0.101 e. The van der Waals surface area contributed by atoms with Crippen molar-refractivity contribution in [3.63, 3.8) is 0 Å². The van der Waals surface area contributed by atoms with Crippen molar-refractivity contribution in [3.05, 3.63) is 29.3 Å². The lowest BCUT2D eigenvalue weighted by Gasteiger charge is -2.35. The van der Waals surface area contributed by atoms with Gasteiger partial charge in [0.15, 0.2) is 0 Å². The van der Waals surface area contributed by atoms with Crippen LogP contribution < -0.4 is 10.2 Å². The smallest absolute Gasteiger partial charge is 0.101 e. The van der Waals surface area contributed by atoms with Crippen molar-refractivity contribution in [3.8, 4) is 6.07 Å². The Morgan fingerprint density at radius 1 is 1.45 bits per heavy atom. The van der Waals surface area contributed by atoms with Gasteiger partial charge >= 0.3 is 0 Å². The number of aryl methyl sites for hydroxylation is 1. The summed E-state index contributed by atoms with van der Waals surface area (Å²) < 4.78 is 0. The lowest BCUT2D eigenvalue weighted by molar-refractivity contribution is 0.371. The minimum atomic E-state index is 0.409. The summed E-state index contributed by atoms with van der Waals surface area (Å²) in [6.07, 6.45) is 2.54.